The van der Waals surface area contributed by atoms with Crippen LogP contribution in [0.15, 0.2) is 54.4 Å². The molecule has 0 spiro atoms. The van der Waals surface area contributed by atoms with Crippen LogP contribution in [0.4, 0.5) is 0 Å². The minimum Gasteiger partial charge on any atom is -0.502 e. The number of ketones is 1. The quantitative estimate of drug-likeness (QED) is 0.631. The molecule has 0 saturated heterocycles. The van der Waals surface area contributed by atoms with Crippen LogP contribution < -0.4 is 0 Å². The second-order valence-corrected chi connectivity index (χ2v) is 5.63. The second-order valence-electron chi connectivity index (χ2n) is 5.63. The fourth-order valence-electron chi connectivity index (χ4n) is 2.49. The van der Waals surface area contributed by atoms with E-state index in [0.717, 1.165) is 11.3 Å². The largest absolute Gasteiger partial charge is 0.502 e. The van der Waals surface area contributed by atoms with E-state index in [0.29, 0.717) is 12.6 Å². The number of nitrogens with zero attached hydrogens (tertiary/aromatic N) is 1. The van der Waals surface area contributed by atoms with Crippen molar-refractivity contribution in [3.05, 3.63) is 76.8 Å². The van der Waals surface area contributed by atoms with Crippen molar-refractivity contribution in [2.75, 3.05) is 0 Å². The normalized spacial score (nSPS) is 11.8. The summed E-state index contributed by atoms with van der Waals surface area (Å²) in [7, 11) is 0. The number of aromatic nitrogens is 1. The van der Waals surface area contributed by atoms with Gasteiger partial charge in [0.25, 0.3) is 0 Å². The number of benzene rings is 1. The summed E-state index contributed by atoms with van der Waals surface area (Å²) in [5.41, 5.74) is 4.36. The Balaban J connectivity index is 2.15. The summed E-state index contributed by atoms with van der Waals surface area (Å²) in [6.45, 7) is 4.76. The molecule has 0 atom stereocenters. The van der Waals surface area contributed by atoms with E-state index in [-0.39, 0.29) is 0 Å². The summed E-state index contributed by atoms with van der Waals surface area (Å²) in [5, 5.41) is 17.6. The number of hydrogen-bond acceptors (Lipinski definition) is 3. The zero-order chi connectivity index (χ0) is 17.7. The molecule has 5 heteroatoms. The second kappa shape index (κ2) is 7.46. The minimum atomic E-state index is -1.53. The Morgan fingerprint density at radius 3 is 2.42 bits per heavy atom. The van der Waals surface area contributed by atoms with Crippen LogP contribution in [0.3, 0.4) is 0 Å². The summed E-state index contributed by atoms with van der Waals surface area (Å²) in [4.78, 5) is 22.1. The van der Waals surface area contributed by atoms with Gasteiger partial charge in [0.2, 0.25) is 5.76 Å². The Morgan fingerprint density at radius 2 is 1.79 bits per heavy atom. The van der Waals surface area contributed by atoms with Crippen molar-refractivity contribution in [1.82, 2.24) is 4.57 Å². The average molecular weight is 325 g/mol. The van der Waals surface area contributed by atoms with Crippen LogP contribution in [0.2, 0.25) is 0 Å². The van der Waals surface area contributed by atoms with E-state index in [1.54, 1.807) is 6.08 Å². The number of aliphatic carboxylic acids is 1. The molecule has 1 aromatic heterocycles. The lowest BCUT2D eigenvalue weighted by molar-refractivity contribution is -0.135. The van der Waals surface area contributed by atoms with Gasteiger partial charge in [-0.25, -0.2) is 4.79 Å². The Kier molecular flexibility index (Phi) is 5.37. The van der Waals surface area contributed by atoms with E-state index < -0.39 is 17.5 Å². The van der Waals surface area contributed by atoms with E-state index in [9.17, 15) is 9.59 Å². The Bertz CT molecular complexity index is 807. The number of carbonyl (C=O) groups excluding carboxylic acids is 1. The molecular formula is C19H19NO4. The van der Waals surface area contributed by atoms with Gasteiger partial charge in [-0.05, 0) is 43.7 Å². The molecule has 0 unspecified atom stereocenters. The highest BCUT2D eigenvalue weighted by Crippen LogP contribution is 2.13. The van der Waals surface area contributed by atoms with E-state index in [2.05, 4.69) is 18.2 Å². The van der Waals surface area contributed by atoms with Crippen molar-refractivity contribution >= 4 is 17.8 Å². The Morgan fingerprint density at radius 1 is 1.12 bits per heavy atom. The topological polar surface area (TPSA) is 79.5 Å². The maximum Gasteiger partial charge on any atom is 0.371 e. The first-order valence-corrected chi connectivity index (χ1v) is 7.43. The highest BCUT2D eigenvalue weighted by molar-refractivity contribution is 6.05. The summed E-state index contributed by atoms with van der Waals surface area (Å²) in [6.07, 6.45) is 5.41. The van der Waals surface area contributed by atoms with Crippen LogP contribution in [-0.4, -0.2) is 26.5 Å². The maximum absolute atomic E-state index is 11.6. The Hall–Kier alpha value is -3.08. The van der Waals surface area contributed by atoms with Crippen molar-refractivity contribution in [1.29, 1.82) is 0 Å². The van der Waals surface area contributed by atoms with Crippen LogP contribution in [0, 0.1) is 13.8 Å². The molecule has 1 aromatic carbocycles. The monoisotopic (exact) mass is 325 g/mol. The molecule has 0 bridgehead atoms. The predicted octanol–water partition coefficient (Wildman–Crippen LogP) is 3.26. The molecule has 124 valence electrons. The van der Waals surface area contributed by atoms with Gasteiger partial charge in [0, 0.05) is 24.5 Å². The standard InChI is InChI=1S/C19H19NO4/c1-13-8-14(2)10-15(9-13)12-20-7-3-4-16(20)5-6-17(21)11-18(22)19(23)24/h3-11,22H,12H2,1-2H3,(H,23,24)/b6-5+,18-11-. The number of carboxylic acid groups (broad SMARTS) is 1. The van der Waals surface area contributed by atoms with Gasteiger partial charge in [-0.15, -0.1) is 0 Å². The smallest absolute Gasteiger partial charge is 0.371 e. The molecule has 5 nitrogen and oxygen atoms in total. The van der Waals surface area contributed by atoms with Crippen LogP contribution >= 0.6 is 0 Å². The van der Waals surface area contributed by atoms with Crippen LogP contribution in [0.25, 0.3) is 6.08 Å². The lowest BCUT2D eigenvalue weighted by Crippen LogP contribution is -2.03. The number of hydrogen-bond donors (Lipinski definition) is 2. The molecule has 0 saturated carbocycles. The number of aliphatic hydroxyl groups is 1. The summed E-state index contributed by atoms with van der Waals surface area (Å²) in [6, 6.07) is 10.1. The van der Waals surface area contributed by atoms with Gasteiger partial charge in [0.15, 0.2) is 5.78 Å². The van der Waals surface area contributed by atoms with Crippen LogP contribution in [0.1, 0.15) is 22.4 Å². The van der Waals surface area contributed by atoms with Crippen molar-refractivity contribution in [2.45, 2.75) is 20.4 Å². The molecule has 1 heterocycles. The van der Waals surface area contributed by atoms with Crippen molar-refractivity contribution in [2.24, 2.45) is 0 Å². The fourth-order valence-corrected chi connectivity index (χ4v) is 2.49. The summed E-state index contributed by atoms with van der Waals surface area (Å²) >= 11 is 0. The third-order valence-corrected chi connectivity index (χ3v) is 3.42. The zero-order valence-corrected chi connectivity index (χ0v) is 13.6. The molecule has 2 rings (SSSR count). The molecule has 0 aliphatic heterocycles. The lowest BCUT2D eigenvalue weighted by Gasteiger charge is -2.09. The third-order valence-electron chi connectivity index (χ3n) is 3.42. The zero-order valence-electron chi connectivity index (χ0n) is 13.6. The van der Waals surface area contributed by atoms with Gasteiger partial charge in [-0.1, -0.05) is 29.3 Å². The van der Waals surface area contributed by atoms with E-state index >= 15 is 0 Å². The molecule has 0 aliphatic carbocycles. The number of rotatable bonds is 6. The van der Waals surface area contributed by atoms with Crippen molar-refractivity contribution in [3.8, 4) is 0 Å². The molecular weight excluding hydrogens is 306 g/mol. The number of allylic oxidation sites excluding steroid dienone is 2. The van der Waals surface area contributed by atoms with Gasteiger partial charge in [-0.2, -0.15) is 0 Å². The maximum atomic E-state index is 11.6. The van der Waals surface area contributed by atoms with Gasteiger partial charge in [0.05, 0.1) is 0 Å². The highest BCUT2D eigenvalue weighted by Gasteiger charge is 2.06. The first-order chi connectivity index (χ1) is 11.3. The molecule has 0 amide bonds. The minimum absolute atomic E-state index is 0.589. The molecule has 2 aromatic rings. The molecule has 2 N–H and O–H groups in total. The SMILES string of the molecule is Cc1cc(C)cc(Cn2cccc2/C=C/C(=O)/C=C(\O)C(=O)O)c1. The third kappa shape index (κ3) is 4.71. The van der Waals surface area contributed by atoms with E-state index in [1.165, 1.54) is 17.2 Å². The summed E-state index contributed by atoms with van der Waals surface area (Å²) < 4.78 is 1.98. The Labute approximate surface area is 140 Å². The number of aliphatic hydroxyl groups excluding tert-OH is 1. The van der Waals surface area contributed by atoms with Gasteiger partial charge >= 0.3 is 5.97 Å². The lowest BCUT2D eigenvalue weighted by atomic mass is 10.1. The fraction of sp³-hybridized carbons (Fsp3) is 0.158. The van der Waals surface area contributed by atoms with Crippen molar-refractivity contribution in [3.63, 3.8) is 0 Å². The highest BCUT2D eigenvalue weighted by atomic mass is 16.4. The van der Waals surface area contributed by atoms with Crippen LogP contribution in [-0.2, 0) is 16.1 Å². The molecule has 24 heavy (non-hydrogen) atoms. The van der Waals surface area contributed by atoms with Gasteiger partial charge in [0.1, 0.15) is 0 Å². The first kappa shape index (κ1) is 17.3. The number of carbonyl (C=O) groups is 2. The van der Waals surface area contributed by atoms with E-state index in [1.807, 2.05) is 36.7 Å². The molecule has 0 fully saturated rings. The first-order valence-electron chi connectivity index (χ1n) is 7.43. The van der Waals surface area contributed by atoms with E-state index in [4.69, 9.17) is 10.2 Å². The summed E-state index contributed by atoms with van der Waals surface area (Å²) in [5.74, 6) is -3.10. The van der Waals surface area contributed by atoms with Crippen molar-refractivity contribution < 1.29 is 19.8 Å². The molecule has 0 radical (unpaired) electrons. The number of aryl methyl sites for hydroxylation is 2. The van der Waals surface area contributed by atoms with Gasteiger partial charge < -0.3 is 14.8 Å². The molecule has 0 aliphatic rings. The van der Waals surface area contributed by atoms with Gasteiger partial charge in [-0.3, -0.25) is 4.79 Å². The van der Waals surface area contributed by atoms with Crippen LogP contribution in [0.5, 0.6) is 0 Å². The predicted molar refractivity (Wildman–Crippen MR) is 91.8 cm³/mol. The number of carboxylic acids is 1. The average Bonchev–Trinajstić information content (AvgIpc) is 2.91.